The van der Waals surface area contributed by atoms with E-state index >= 15 is 0 Å². The molecule has 4 rings (SSSR count). The summed E-state index contributed by atoms with van der Waals surface area (Å²) in [6, 6.07) is 4.11. The maximum Gasteiger partial charge on any atom is 0.227 e. The van der Waals surface area contributed by atoms with E-state index in [-0.39, 0.29) is 17.7 Å². The molecular weight excluding hydrogens is 454 g/mol. The number of nitrogens with zero attached hydrogens (tertiary/aromatic N) is 3. The topological polar surface area (TPSA) is 86.8 Å². The molecule has 2 N–H and O–H groups in total. The van der Waals surface area contributed by atoms with E-state index < -0.39 is 0 Å². The largest absolute Gasteiger partial charge is 0.485 e. The van der Waals surface area contributed by atoms with E-state index in [0.717, 1.165) is 55.8 Å². The Morgan fingerprint density at radius 1 is 1.26 bits per heavy atom. The average molecular weight is 486 g/mol. The molecule has 182 valence electrons. The van der Waals surface area contributed by atoms with Crippen LogP contribution < -0.4 is 15.5 Å². The van der Waals surface area contributed by atoms with Gasteiger partial charge in [-0.3, -0.25) is 14.5 Å². The molecule has 2 aliphatic heterocycles. The second-order valence-corrected chi connectivity index (χ2v) is 9.44. The molecule has 0 bridgehead atoms. The first-order chi connectivity index (χ1) is 16.4. The van der Waals surface area contributed by atoms with Crippen LogP contribution in [0.3, 0.4) is 0 Å². The molecular formula is C25H32ClN5O3. The molecule has 3 heterocycles. The van der Waals surface area contributed by atoms with Crippen molar-refractivity contribution in [2.45, 2.75) is 45.1 Å². The summed E-state index contributed by atoms with van der Waals surface area (Å²) in [6.07, 6.45) is 11.9. The molecule has 1 aromatic rings. The molecule has 0 atom stereocenters. The lowest BCUT2D eigenvalue weighted by Crippen LogP contribution is -2.40. The van der Waals surface area contributed by atoms with Crippen LogP contribution in [-0.2, 0) is 14.3 Å². The molecule has 0 spiro atoms. The SMILES string of the molecule is CC(=O)NCCCN(C)C1CCC(C(=O)NC2=C3C(=CC=CN3c3ccc(Cl)cn3)OC2)CC1. The van der Waals surface area contributed by atoms with Crippen molar-refractivity contribution in [1.29, 1.82) is 0 Å². The molecule has 0 saturated heterocycles. The standard InChI is InChI=1S/C25H32ClN5O3/c1-17(32)27-12-4-13-30(2)20-9-6-18(7-10-20)25(33)29-21-16-34-22-5-3-14-31(24(21)22)23-11-8-19(26)15-28-23/h3,5,8,11,14-15,18,20H,4,6-7,9-10,12-13,16H2,1-2H3,(H,27,32)(H,29,33). The molecule has 1 fully saturated rings. The summed E-state index contributed by atoms with van der Waals surface area (Å²) in [6.45, 7) is 3.50. The Hall–Kier alpha value is -2.84. The van der Waals surface area contributed by atoms with Crippen molar-refractivity contribution >= 4 is 29.2 Å². The lowest BCUT2D eigenvalue weighted by molar-refractivity contribution is -0.125. The highest BCUT2D eigenvalue weighted by Gasteiger charge is 2.33. The molecule has 3 aliphatic rings. The van der Waals surface area contributed by atoms with Gasteiger partial charge in [-0.05, 0) is 70.0 Å². The van der Waals surface area contributed by atoms with E-state index in [9.17, 15) is 9.59 Å². The van der Waals surface area contributed by atoms with E-state index in [0.29, 0.717) is 30.0 Å². The van der Waals surface area contributed by atoms with Crippen molar-refractivity contribution in [3.63, 3.8) is 0 Å². The van der Waals surface area contributed by atoms with Gasteiger partial charge < -0.3 is 20.3 Å². The lowest BCUT2D eigenvalue weighted by atomic mass is 9.84. The summed E-state index contributed by atoms with van der Waals surface area (Å²) in [7, 11) is 2.13. The molecule has 8 nitrogen and oxygen atoms in total. The van der Waals surface area contributed by atoms with Gasteiger partial charge in [0.2, 0.25) is 11.8 Å². The minimum Gasteiger partial charge on any atom is -0.485 e. The van der Waals surface area contributed by atoms with E-state index in [1.807, 2.05) is 29.3 Å². The predicted octanol–water partition coefficient (Wildman–Crippen LogP) is 3.33. The zero-order valence-electron chi connectivity index (χ0n) is 19.7. The van der Waals surface area contributed by atoms with Crippen molar-refractivity contribution in [1.82, 2.24) is 20.5 Å². The third-order valence-corrected chi connectivity index (χ3v) is 6.82. The third kappa shape index (κ3) is 5.80. The van der Waals surface area contributed by atoms with E-state index in [2.05, 4.69) is 27.6 Å². The molecule has 2 amide bonds. The first kappa shape index (κ1) is 24.3. The van der Waals surface area contributed by atoms with Crippen LogP contribution in [0.2, 0.25) is 5.02 Å². The van der Waals surface area contributed by atoms with Crippen LogP contribution >= 0.6 is 11.6 Å². The lowest BCUT2D eigenvalue weighted by Gasteiger charge is -2.34. The zero-order chi connectivity index (χ0) is 24.1. The fourth-order valence-electron chi connectivity index (χ4n) is 4.72. The van der Waals surface area contributed by atoms with Crippen molar-refractivity contribution < 1.29 is 14.3 Å². The van der Waals surface area contributed by atoms with Gasteiger partial charge in [-0.1, -0.05) is 11.6 Å². The van der Waals surface area contributed by atoms with E-state index in [1.54, 1.807) is 19.2 Å². The van der Waals surface area contributed by atoms with Crippen molar-refractivity contribution in [2.75, 3.05) is 31.6 Å². The number of aromatic nitrogens is 1. The van der Waals surface area contributed by atoms with Gasteiger partial charge in [0.1, 0.15) is 23.9 Å². The van der Waals surface area contributed by atoms with Crippen molar-refractivity contribution in [3.8, 4) is 0 Å². The van der Waals surface area contributed by atoms with Crippen molar-refractivity contribution in [2.24, 2.45) is 5.92 Å². The summed E-state index contributed by atoms with van der Waals surface area (Å²) in [4.78, 5) is 32.8. The Morgan fingerprint density at radius 3 is 2.76 bits per heavy atom. The van der Waals surface area contributed by atoms with Gasteiger partial charge in [0.05, 0.1) is 10.7 Å². The van der Waals surface area contributed by atoms with Crippen LogP contribution in [0.25, 0.3) is 0 Å². The second-order valence-electron chi connectivity index (χ2n) is 9.00. The minimum absolute atomic E-state index is 0.00796. The second kappa shape index (κ2) is 11.1. The Labute approximate surface area is 205 Å². The highest BCUT2D eigenvalue weighted by Crippen LogP contribution is 2.34. The van der Waals surface area contributed by atoms with Crippen LogP contribution in [-0.4, -0.2) is 54.5 Å². The first-order valence-corrected chi connectivity index (χ1v) is 12.2. The molecule has 9 heteroatoms. The van der Waals surface area contributed by atoms with Gasteiger partial charge in [-0.2, -0.15) is 0 Å². The number of carbonyl (C=O) groups is 2. The number of hydrogen-bond donors (Lipinski definition) is 2. The number of allylic oxidation sites excluding steroid dienone is 2. The van der Waals surface area contributed by atoms with Crippen LogP contribution in [0, 0.1) is 5.92 Å². The number of halogens is 1. The van der Waals surface area contributed by atoms with Gasteiger partial charge in [0, 0.05) is 37.8 Å². The Kier molecular flexibility index (Phi) is 7.90. The summed E-state index contributed by atoms with van der Waals surface area (Å²) in [5.74, 6) is 1.49. The number of rotatable bonds is 8. The summed E-state index contributed by atoms with van der Waals surface area (Å²) in [5, 5.41) is 6.56. The number of nitrogens with one attached hydrogen (secondary N) is 2. The predicted molar refractivity (Wildman–Crippen MR) is 132 cm³/mol. The number of pyridine rings is 1. The smallest absolute Gasteiger partial charge is 0.227 e. The average Bonchev–Trinajstić information content (AvgIpc) is 3.25. The van der Waals surface area contributed by atoms with Gasteiger partial charge in [0.15, 0.2) is 0 Å². The van der Waals surface area contributed by atoms with Gasteiger partial charge in [-0.25, -0.2) is 4.98 Å². The summed E-state index contributed by atoms with van der Waals surface area (Å²) < 4.78 is 5.84. The maximum atomic E-state index is 13.1. The normalized spacial score (nSPS) is 21.8. The highest BCUT2D eigenvalue weighted by atomic mass is 35.5. The zero-order valence-corrected chi connectivity index (χ0v) is 20.5. The first-order valence-electron chi connectivity index (χ1n) is 11.8. The van der Waals surface area contributed by atoms with Crippen LogP contribution in [0.5, 0.6) is 0 Å². The van der Waals surface area contributed by atoms with Gasteiger partial charge >= 0.3 is 0 Å². The maximum absolute atomic E-state index is 13.1. The van der Waals surface area contributed by atoms with Crippen molar-refractivity contribution in [3.05, 3.63) is 58.9 Å². The van der Waals surface area contributed by atoms with Crippen LogP contribution in [0.15, 0.2) is 53.8 Å². The third-order valence-electron chi connectivity index (χ3n) is 6.60. The van der Waals surface area contributed by atoms with Gasteiger partial charge in [0.25, 0.3) is 0 Å². The highest BCUT2D eigenvalue weighted by molar-refractivity contribution is 6.30. The number of anilines is 1. The Balaban J connectivity index is 1.33. The van der Waals surface area contributed by atoms with Gasteiger partial charge in [-0.15, -0.1) is 0 Å². The molecule has 1 saturated carbocycles. The summed E-state index contributed by atoms with van der Waals surface area (Å²) in [5.41, 5.74) is 1.58. The molecule has 0 radical (unpaired) electrons. The number of hydrogen-bond acceptors (Lipinski definition) is 6. The van der Waals surface area contributed by atoms with E-state index in [4.69, 9.17) is 16.3 Å². The monoisotopic (exact) mass is 485 g/mol. The fraction of sp³-hybridized carbons (Fsp3) is 0.480. The number of ether oxygens (including phenoxy) is 1. The number of carbonyl (C=O) groups excluding carboxylic acids is 2. The molecule has 1 aromatic heterocycles. The minimum atomic E-state index is -0.00796. The molecule has 0 aromatic carbocycles. The Morgan fingerprint density at radius 2 is 2.06 bits per heavy atom. The fourth-order valence-corrected chi connectivity index (χ4v) is 4.83. The molecule has 1 aliphatic carbocycles. The number of fused-ring (bicyclic) bond motifs is 1. The molecule has 34 heavy (non-hydrogen) atoms. The van der Waals surface area contributed by atoms with Crippen LogP contribution in [0.4, 0.5) is 5.82 Å². The summed E-state index contributed by atoms with van der Waals surface area (Å²) >= 11 is 6.00. The Bertz CT molecular complexity index is 996. The molecule has 0 unspecified atom stereocenters. The van der Waals surface area contributed by atoms with Crippen LogP contribution in [0.1, 0.15) is 39.0 Å². The quantitative estimate of drug-likeness (QED) is 0.549. The number of amides is 2. The van der Waals surface area contributed by atoms with E-state index in [1.165, 1.54) is 0 Å².